The molecule has 0 aliphatic heterocycles. The van der Waals surface area contributed by atoms with E-state index in [-0.39, 0.29) is 12.5 Å². The molecule has 1 amide bonds. The Morgan fingerprint density at radius 1 is 1.58 bits per heavy atom. The van der Waals surface area contributed by atoms with Gasteiger partial charge < -0.3 is 14.8 Å². The Hall–Kier alpha value is -1.79. The zero-order valence-electron chi connectivity index (χ0n) is 10.4. The van der Waals surface area contributed by atoms with Crippen LogP contribution in [0.3, 0.4) is 0 Å². The maximum Gasteiger partial charge on any atom is 0.254 e. The second-order valence-corrected chi connectivity index (χ2v) is 4.64. The number of pyridine rings is 1. The lowest BCUT2D eigenvalue weighted by Gasteiger charge is -2.11. The first-order valence-corrected chi connectivity index (χ1v) is 6.92. The lowest BCUT2D eigenvalue weighted by molar-refractivity contribution is 0.0912. The molecule has 100 valence electrons. The highest BCUT2D eigenvalue weighted by Gasteiger charge is 2.14. The van der Waals surface area contributed by atoms with Crippen LogP contribution in [-0.4, -0.2) is 28.8 Å². The number of aliphatic hydroxyl groups excluding tert-OH is 1. The molecule has 0 aliphatic carbocycles. The van der Waals surface area contributed by atoms with Crippen molar-refractivity contribution in [3.8, 4) is 0 Å². The van der Waals surface area contributed by atoms with Crippen molar-refractivity contribution in [3.05, 3.63) is 48.0 Å². The number of hydrogen-bond acceptors (Lipinski definition) is 5. The Morgan fingerprint density at radius 3 is 3.11 bits per heavy atom. The number of aromatic nitrogens is 1. The number of nitrogens with one attached hydrogen (secondary N) is 1. The first-order chi connectivity index (χ1) is 9.22. The zero-order valence-corrected chi connectivity index (χ0v) is 11.2. The van der Waals surface area contributed by atoms with E-state index < -0.39 is 6.10 Å². The van der Waals surface area contributed by atoms with Gasteiger partial charge in [0.2, 0.25) is 0 Å². The van der Waals surface area contributed by atoms with E-state index in [1.165, 1.54) is 24.3 Å². The molecule has 0 saturated heterocycles. The minimum absolute atomic E-state index is 0.126. The predicted octanol–water partition coefficient (Wildman–Crippen LogP) is 1.86. The standard InChI is InChI=1S/C13H14N2O3S/c1-19-13-10(3-2-5-14-13)12(17)15-7-11(16)9-4-6-18-8-9/h2-6,8,11,16H,7H2,1H3,(H,15,17)/t11-/m1/s1. The molecule has 0 aliphatic rings. The summed E-state index contributed by atoms with van der Waals surface area (Å²) in [7, 11) is 0. The minimum Gasteiger partial charge on any atom is -0.472 e. The fraction of sp³-hybridized carbons (Fsp3) is 0.231. The highest BCUT2D eigenvalue weighted by atomic mass is 32.2. The molecular formula is C13H14N2O3S. The van der Waals surface area contributed by atoms with Crippen LogP contribution in [0.25, 0.3) is 0 Å². The van der Waals surface area contributed by atoms with Crippen LogP contribution in [0.15, 0.2) is 46.4 Å². The molecule has 2 rings (SSSR count). The van der Waals surface area contributed by atoms with Gasteiger partial charge in [-0.3, -0.25) is 4.79 Å². The molecule has 2 aromatic rings. The van der Waals surface area contributed by atoms with E-state index in [4.69, 9.17) is 4.42 Å². The summed E-state index contributed by atoms with van der Waals surface area (Å²) in [5, 5.41) is 13.2. The van der Waals surface area contributed by atoms with E-state index >= 15 is 0 Å². The number of carbonyl (C=O) groups excluding carboxylic acids is 1. The number of thioether (sulfide) groups is 1. The number of nitrogens with zero attached hydrogens (tertiary/aromatic N) is 1. The summed E-state index contributed by atoms with van der Waals surface area (Å²) in [6, 6.07) is 5.08. The second kappa shape index (κ2) is 6.40. The first kappa shape index (κ1) is 13.6. The van der Waals surface area contributed by atoms with Crippen LogP contribution in [0, 0.1) is 0 Å². The normalized spacial score (nSPS) is 12.1. The highest BCUT2D eigenvalue weighted by molar-refractivity contribution is 7.98. The number of amides is 1. The summed E-state index contributed by atoms with van der Waals surface area (Å²) in [6.07, 6.45) is 5.65. The molecule has 19 heavy (non-hydrogen) atoms. The maximum atomic E-state index is 12.0. The quantitative estimate of drug-likeness (QED) is 0.816. The van der Waals surface area contributed by atoms with Gasteiger partial charge in [0.1, 0.15) is 5.03 Å². The topological polar surface area (TPSA) is 75.4 Å². The summed E-state index contributed by atoms with van der Waals surface area (Å²) < 4.78 is 4.88. The summed E-state index contributed by atoms with van der Waals surface area (Å²) in [5.41, 5.74) is 1.14. The monoisotopic (exact) mass is 278 g/mol. The molecule has 2 N–H and O–H groups in total. The predicted molar refractivity (Wildman–Crippen MR) is 72.0 cm³/mol. The van der Waals surface area contributed by atoms with Gasteiger partial charge in [0.15, 0.2) is 0 Å². The molecule has 0 spiro atoms. The van der Waals surface area contributed by atoms with E-state index in [2.05, 4.69) is 10.3 Å². The van der Waals surface area contributed by atoms with Crippen molar-refractivity contribution >= 4 is 17.7 Å². The van der Waals surface area contributed by atoms with Gasteiger partial charge in [-0.2, -0.15) is 0 Å². The first-order valence-electron chi connectivity index (χ1n) is 5.69. The van der Waals surface area contributed by atoms with Crippen LogP contribution in [0.4, 0.5) is 0 Å². The van der Waals surface area contributed by atoms with E-state index in [1.807, 2.05) is 6.26 Å². The summed E-state index contributed by atoms with van der Waals surface area (Å²) in [4.78, 5) is 16.1. The molecule has 2 heterocycles. The third-order valence-electron chi connectivity index (χ3n) is 2.59. The number of rotatable bonds is 5. The van der Waals surface area contributed by atoms with Crippen molar-refractivity contribution in [2.75, 3.05) is 12.8 Å². The average Bonchev–Trinajstić information content (AvgIpc) is 2.98. The molecule has 0 fully saturated rings. The lowest BCUT2D eigenvalue weighted by atomic mass is 10.2. The number of aliphatic hydroxyl groups is 1. The van der Waals surface area contributed by atoms with Gasteiger partial charge in [0.25, 0.3) is 5.91 Å². The van der Waals surface area contributed by atoms with Crippen LogP contribution in [0.2, 0.25) is 0 Å². The van der Waals surface area contributed by atoms with E-state index in [0.717, 1.165) is 0 Å². The zero-order chi connectivity index (χ0) is 13.7. The van der Waals surface area contributed by atoms with Gasteiger partial charge in [-0.05, 0) is 24.5 Å². The molecule has 6 heteroatoms. The molecule has 1 atom stereocenters. The molecule has 0 saturated carbocycles. The highest BCUT2D eigenvalue weighted by Crippen LogP contribution is 2.17. The Labute approximate surface area is 115 Å². The number of furan rings is 1. The van der Waals surface area contributed by atoms with Gasteiger partial charge in [-0.25, -0.2) is 4.98 Å². The maximum absolute atomic E-state index is 12.0. The Morgan fingerprint density at radius 2 is 2.42 bits per heavy atom. The fourth-order valence-corrected chi connectivity index (χ4v) is 2.14. The molecule has 0 unspecified atom stereocenters. The van der Waals surface area contributed by atoms with Crippen molar-refractivity contribution in [1.29, 1.82) is 0 Å². The molecule has 2 aromatic heterocycles. The van der Waals surface area contributed by atoms with Crippen LogP contribution in [0.1, 0.15) is 22.0 Å². The molecule has 0 aromatic carbocycles. The second-order valence-electron chi connectivity index (χ2n) is 3.84. The Bertz CT molecular complexity index is 543. The summed E-state index contributed by atoms with van der Waals surface area (Å²) in [6.45, 7) is 0.126. The van der Waals surface area contributed by atoms with Crippen molar-refractivity contribution in [2.45, 2.75) is 11.1 Å². The van der Waals surface area contributed by atoms with Crippen LogP contribution >= 0.6 is 11.8 Å². The van der Waals surface area contributed by atoms with Crippen molar-refractivity contribution in [2.24, 2.45) is 0 Å². The summed E-state index contributed by atoms with van der Waals surface area (Å²) >= 11 is 1.41. The fourth-order valence-electron chi connectivity index (χ4n) is 1.59. The van der Waals surface area contributed by atoms with Crippen molar-refractivity contribution in [1.82, 2.24) is 10.3 Å². The SMILES string of the molecule is CSc1ncccc1C(=O)NC[C@@H](O)c1ccoc1. The van der Waals surface area contributed by atoms with Gasteiger partial charge >= 0.3 is 0 Å². The number of hydrogen-bond donors (Lipinski definition) is 2. The van der Waals surface area contributed by atoms with E-state index in [9.17, 15) is 9.90 Å². The molecular weight excluding hydrogens is 264 g/mol. The van der Waals surface area contributed by atoms with E-state index in [1.54, 1.807) is 24.4 Å². The van der Waals surface area contributed by atoms with Crippen molar-refractivity contribution < 1.29 is 14.3 Å². The third kappa shape index (κ3) is 3.36. The Balaban J connectivity index is 1.98. The third-order valence-corrected chi connectivity index (χ3v) is 3.31. The van der Waals surface area contributed by atoms with Gasteiger partial charge in [0.05, 0.1) is 24.2 Å². The van der Waals surface area contributed by atoms with Gasteiger partial charge in [-0.1, -0.05) is 0 Å². The Kier molecular flexibility index (Phi) is 4.59. The van der Waals surface area contributed by atoms with E-state index in [0.29, 0.717) is 16.2 Å². The van der Waals surface area contributed by atoms with Crippen LogP contribution < -0.4 is 5.32 Å². The van der Waals surface area contributed by atoms with Crippen LogP contribution in [0.5, 0.6) is 0 Å². The molecule has 0 bridgehead atoms. The molecule has 5 nitrogen and oxygen atoms in total. The lowest BCUT2D eigenvalue weighted by Crippen LogP contribution is -2.28. The molecule has 0 radical (unpaired) electrons. The van der Waals surface area contributed by atoms with Crippen LogP contribution in [-0.2, 0) is 0 Å². The average molecular weight is 278 g/mol. The van der Waals surface area contributed by atoms with Gasteiger partial charge in [-0.15, -0.1) is 11.8 Å². The largest absolute Gasteiger partial charge is 0.472 e. The van der Waals surface area contributed by atoms with Gasteiger partial charge in [0, 0.05) is 18.3 Å². The number of carbonyl (C=O) groups is 1. The minimum atomic E-state index is -0.780. The smallest absolute Gasteiger partial charge is 0.254 e. The summed E-state index contributed by atoms with van der Waals surface area (Å²) in [5.74, 6) is -0.250. The van der Waals surface area contributed by atoms with Crippen molar-refractivity contribution in [3.63, 3.8) is 0 Å².